The Kier molecular flexibility index (Phi) is 5.10. The van der Waals surface area contributed by atoms with Crippen LogP contribution in [-0.4, -0.2) is 21.0 Å². The average Bonchev–Trinajstić information content (AvgIpc) is 3.22. The molecular weight excluding hydrogens is 367 g/mol. The number of hydrogen-bond donors (Lipinski definition) is 2. The zero-order valence-corrected chi connectivity index (χ0v) is 14.9. The van der Waals surface area contributed by atoms with Crippen molar-refractivity contribution in [2.75, 3.05) is 10.6 Å². The van der Waals surface area contributed by atoms with Crippen LogP contribution in [0.15, 0.2) is 42.7 Å². The number of rotatable bonds is 5. The summed E-state index contributed by atoms with van der Waals surface area (Å²) in [5, 5.41) is 5.83. The fraction of sp³-hybridized carbons (Fsp3) is 0.250. The summed E-state index contributed by atoms with van der Waals surface area (Å²) >= 11 is 0. The molecule has 0 unspecified atom stereocenters. The Bertz CT molecular complexity index is 975. The van der Waals surface area contributed by atoms with E-state index in [1.165, 1.54) is 0 Å². The Hall–Kier alpha value is -3.16. The van der Waals surface area contributed by atoms with Gasteiger partial charge < -0.3 is 10.6 Å². The number of hydrogen-bond acceptors (Lipinski definition) is 5. The number of aromatic nitrogens is 3. The molecule has 1 aliphatic rings. The summed E-state index contributed by atoms with van der Waals surface area (Å²) in [6.07, 6.45) is 7.55. The first-order valence-electron chi connectivity index (χ1n) is 9.06. The summed E-state index contributed by atoms with van der Waals surface area (Å²) in [5.41, 5.74) is 0.661. The van der Waals surface area contributed by atoms with Crippen LogP contribution < -0.4 is 10.6 Å². The first-order chi connectivity index (χ1) is 13.6. The molecule has 5 nitrogen and oxygen atoms in total. The molecule has 2 heterocycles. The minimum Gasteiger partial charge on any atom is -0.351 e. The van der Waals surface area contributed by atoms with Gasteiger partial charge in [-0.05, 0) is 37.1 Å². The van der Waals surface area contributed by atoms with Crippen molar-refractivity contribution in [3.05, 3.63) is 60.2 Å². The van der Waals surface area contributed by atoms with E-state index in [2.05, 4.69) is 25.6 Å². The summed E-state index contributed by atoms with van der Waals surface area (Å²) < 4.78 is 41.6. The van der Waals surface area contributed by atoms with Crippen molar-refractivity contribution in [3.63, 3.8) is 0 Å². The van der Waals surface area contributed by atoms with Crippen molar-refractivity contribution < 1.29 is 13.2 Å². The lowest BCUT2D eigenvalue weighted by Crippen LogP contribution is -2.17. The van der Waals surface area contributed by atoms with Crippen molar-refractivity contribution in [2.45, 2.75) is 31.7 Å². The second kappa shape index (κ2) is 7.84. The molecule has 0 atom stereocenters. The first kappa shape index (κ1) is 18.2. The van der Waals surface area contributed by atoms with Gasteiger partial charge in [-0.3, -0.25) is 4.98 Å². The van der Waals surface area contributed by atoms with E-state index < -0.39 is 23.1 Å². The number of nitrogens with one attached hydrogen (secondary N) is 2. The molecule has 0 spiro atoms. The maximum atomic E-state index is 14.1. The molecule has 0 aliphatic heterocycles. The van der Waals surface area contributed by atoms with E-state index in [4.69, 9.17) is 0 Å². The van der Waals surface area contributed by atoms with Gasteiger partial charge in [-0.1, -0.05) is 12.8 Å². The molecule has 3 aromatic rings. The SMILES string of the molecule is Fc1ccc(F)c(Nc2cc(-c3cccnc3)nc(NC3CCCC3)n2)c1F. The Morgan fingerprint density at radius 2 is 1.75 bits per heavy atom. The summed E-state index contributed by atoms with van der Waals surface area (Å²) in [6, 6.07) is 6.98. The van der Waals surface area contributed by atoms with E-state index in [-0.39, 0.29) is 11.9 Å². The quantitative estimate of drug-likeness (QED) is 0.602. The highest BCUT2D eigenvalue weighted by atomic mass is 19.2. The maximum absolute atomic E-state index is 14.1. The van der Waals surface area contributed by atoms with Gasteiger partial charge in [-0.25, -0.2) is 18.2 Å². The minimum atomic E-state index is -1.30. The maximum Gasteiger partial charge on any atom is 0.225 e. The Morgan fingerprint density at radius 3 is 2.50 bits per heavy atom. The fourth-order valence-electron chi connectivity index (χ4n) is 3.26. The van der Waals surface area contributed by atoms with Crippen molar-refractivity contribution >= 4 is 17.5 Å². The third kappa shape index (κ3) is 3.90. The van der Waals surface area contributed by atoms with Crippen LogP contribution in [0.25, 0.3) is 11.3 Å². The van der Waals surface area contributed by atoms with Crippen LogP contribution in [0.1, 0.15) is 25.7 Å². The lowest BCUT2D eigenvalue weighted by atomic mass is 10.2. The number of anilines is 3. The average molecular weight is 385 g/mol. The predicted octanol–water partition coefficient (Wildman–Crippen LogP) is 5.05. The van der Waals surface area contributed by atoms with E-state index in [1.54, 1.807) is 24.5 Å². The molecule has 144 valence electrons. The minimum absolute atomic E-state index is 0.151. The molecule has 2 aromatic heterocycles. The fourth-order valence-corrected chi connectivity index (χ4v) is 3.26. The third-order valence-corrected chi connectivity index (χ3v) is 4.67. The summed E-state index contributed by atoms with van der Waals surface area (Å²) in [4.78, 5) is 12.9. The Balaban J connectivity index is 1.72. The standard InChI is InChI=1S/C20H18F3N5/c21-14-7-8-15(22)19(18(14)23)27-17-10-16(12-4-3-9-24-11-12)26-20(28-17)25-13-5-1-2-6-13/h3-4,7-11,13H,1-2,5-6H2,(H2,25,26,27,28). The second-order valence-corrected chi connectivity index (χ2v) is 6.67. The Morgan fingerprint density at radius 1 is 0.964 bits per heavy atom. The van der Waals surface area contributed by atoms with Crippen LogP contribution >= 0.6 is 0 Å². The third-order valence-electron chi connectivity index (χ3n) is 4.67. The smallest absolute Gasteiger partial charge is 0.225 e. The molecular formula is C20H18F3N5. The zero-order chi connectivity index (χ0) is 19.5. The molecule has 0 radical (unpaired) electrons. The zero-order valence-electron chi connectivity index (χ0n) is 14.9. The number of halogens is 3. The van der Waals surface area contributed by atoms with Crippen molar-refractivity contribution in [2.24, 2.45) is 0 Å². The number of nitrogens with zero attached hydrogens (tertiary/aromatic N) is 3. The van der Waals surface area contributed by atoms with Gasteiger partial charge in [-0.15, -0.1) is 0 Å². The van der Waals surface area contributed by atoms with Gasteiger partial charge in [0.25, 0.3) is 0 Å². The van der Waals surface area contributed by atoms with E-state index in [0.29, 0.717) is 11.6 Å². The normalized spacial score (nSPS) is 14.2. The van der Waals surface area contributed by atoms with Gasteiger partial charge in [0.15, 0.2) is 11.6 Å². The van der Waals surface area contributed by atoms with Crippen LogP contribution in [0.2, 0.25) is 0 Å². The first-order valence-corrected chi connectivity index (χ1v) is 9.06. The Labute approximate surface area is 160 Å². The number of benzene rings is 1. The molecule has 0 amide bonds. The lowest BCUT2D eigenvalue weighted by molar-refractivity contribution is 0.499. The van der Waals surface area contributed by atoms with Gasteiger partial charge in [0.1, 0.15) is 17.3 Å². The largest absolute Gasteiger partial charge is 0.351 e. The number of pyridine rings is 1. The van der Waals surface area contributed by atoms with Gasteiger partial charge in [-0.2, -0.15) is 4.98 Å². The molecule has 1 saturated carbocycles. The van der Waals surface area contributed by atoms with Crippen molar-refractivity contribution in [3.8, 4) is 11.3 Å². The molecule has 1 aromatic carbocycles. The van der Waals surface area contributed by atoms with Crippen molar-refractivity contribution in [1.29, 1.82) is 0 Å². The molecule has 1 aliphatic carbocycles. The van der Waals surface area contributed by atoms with E-state index in [9.17, 15) is 13.2 Å². The highest BCUT2D eigenvalue weighted by Crippen LogP contribution is 2.28. The molecule has 8 heteroatoms. The van der Waals surface area contributed by atoms with Crippen LogP contribution in [-0.2, 0) is 0 Å². The molecule has 0 bridgehead atoms. The van der Waals surface area contributed by atoms with Gasteiger partial charge >= 0.3 is 0 Å². The highest BCUT2D eigenvalue weighted by Gasteiger charge is 2.19. The van der Waals surface area contributed by atoms with Crippen LogP contribution in [0, 0.1) is 17.5 Å². The highest BCUT2D eigenvalue weighted by molar-refractivity contribution is 5.67. The molecule has 0 saturated heterocycles. The second-order valence-electron chi connectivity index (χ2n) is 6.67. The van der Waals surface area contributed by atoms with E-state index >= 15 is 0 Å². The van der Waals surface area contributed by atoms with Gasteiger partial charge in [0.2, 0.25) is 5.95 Å². The summed E-state index contributed by atoms with van der Waals surface area (Å²) in [5.74, 6) is -2.86. The van der Waals surface area contributed by atoms with E-state index in [0.717, 1.165) is 43.4 Å². The van der Waals surface area contributed by atoms with E-state index in [1.807, 2.05) is 6.07 Å². The molecule has 4 rings (SSSR count). The topological polar surface area (TPSA) is 62.7 Å². The predicted molar refractivity (Wildman–Crippen MR) is 101 cm³/mol. The van der Waals surface area contributed by atoms with Crippen molar-refractivity contribution in [1.82, 2.24) is 15.0 Å². The van der Waals surface area contributed by atoms with Gasteiger partial charge in [0, 0.05) is 30.1 Å². The van der Waals surface area contributed by atoms with Gasteiger partial charge in [0.05, 0.1) is 5.69 Å². The van der Waals surface area contributed by atoms with Crippen LogP contribution in [0.5, 0.6) is 0 Å². The lowest BCUT2D eigenvalue weighted by Gasteiger charge is -2.15. The van der Waals surface area contributed by atoms with Crippen LogP contribution in [0.3, 0.4) is 0 Å². The summed E-state index contributed by atoms with van der Waals surface area (Å²) in [7, 11) is 0. The molecule has 28 heavy (non-hydrogen) atoms. The van der Waals surface area contributed by atoms with Crippen LogP contribution in [0.4, 0.5) is 30.6 Å². The summed E-state index contributed by atoms with van der Waals surface area (Å²) in [6.45, 7) is 0. The molecule has 2 N–H and O–H groups in total. The molecule has 1 fully saturated rings. The monoisotopic (exact) mass is 385 g/mol.